The summed E-state index contributed by atoms with van der Waals surface area (Å²) in [5.74, 6) is -0.0111. The number of hydrogen-bond acceptors (Lipinski definition) is 3. The average Bonchev–Trinajstić information content (AvgIpc) is 3.11. The van der Waals surface area contributed by atoms with Gasteiger partial charge in [-0.15, -0.1) is 0 Å². The maximum atomic E-state index is 14.0. The van der Waals surface area contributed by atoms with Crippen molar-refractivity contribution < 1.29 is 9.13 Å². The van der Waals surface area contributed by atoms with Gasteiger partial charge in [-0.25, -0.2) is 9.37 Å². The van der Waals surface area contributed by atoms with Crippen LogP contribution in [-0.4, -0.2) is 22.8 Å². The first kappa shape index (κ1) is 13.3. The van der Waals surface area contributed by atoms with Crippen molar-refractivity contribution in [3.05, 3.63) is 47.8 Å². The van der Waals surface area contributed by atoms with Gasteiger partial charge in [0, 0.05) is 12.5 Å². The molecule has 0 bridgehead atoms. The maximum absolute atomic E-state index is 14.0. The van der Waals surface area contributed by atoms with E-state index in [-0.39, 0.29) is 17.8 Å². The van der Waals surface area contributed by atoms with Crippen LogP contribution in [-0.2, 0) is 4.74 Å². The van der Waals surface area contributed by atoms with E-state index in [9.17, 15) is 4.39 Å². The second-order valence-corrected chi connectivity index (χ2v) is 5.29. The van der Waals surface area contributed by atoms with Crippen LogP contribution < -0.4 is 5.73 Å². The fourth-order valence-electron chi connectivity index (χ4n) is 2.64. The van der Waals surface area contributed by atoms with E-state index in [0.29, 0.717) is 12.3 Å². The van der Waals surface area contributed by atoms with Gasteiger partial charge < -0.3 is 10.5 Å². The Morgan fingerprint density at radius 2 is 2.35 bits per heavy atom. The number of nitrogens with zero attached hydrogens (tertiary/aromatic N) is 2. The summed E-state index contributed by atoms with van der Waals surface area (Å²) in [6.45, 7) is 3.33. The van der Waals surface area contributed by atoms with Crippen LogP contribution >= 0.6 is 0 Å². The Balaban J connectivity index is 1.99. The molecule has 0 saturated carbocycles. The van der Waals surface area contributed by atoms with E-state index in [2.05, 4.69) is 4.98 Å². The summed E-state index contributed by atoms with van der Waals surface area (Å²) in [4.78, 5) is 4.14. The third-order valence-electron chi connectivity index (χ3n) is 3.84. The van der Waals surface area contributed by atoms with E-state index in [1.807, 2.05) is 6.92 Å². The van der Waals surface area contributed by atoms with Gasteiger partial charge in [-0.2, -0.15) is 0 Å². The van der Waals surface area contributed by atoms with Crippen molar-refractivity contribution in [2.24, 2.45) is 11.7 Å². The van der Waals surface area contributed by atoms with E-state index in [1.54, 1.807) is 29.2 Å². The molecule has 2 unspecified atom stereocenters. The van der Waals surface area contributed by atoms with Gasteiger partial charge in [0.15, 0.2) is 0 Å². The van der Waals surface area contributed by atoms with E-state index in [0.717, 1.165) is 24.3 Å². The topological polar surface area (TPSA) is 53.1 Å². The Labute approximate surface area is 117 Å². The van der Waals surface area contributed by atoms with Crippen molar-refractivity contribution in [1.29, 1.82) is 0 Å². The molecule has 106 valence electrons. The van der Waals surface area contributed by atoms with Crippen molar-refractivity contribution in [2.45, 2.75) is 19.4 Å². The first-order valence-corrected chi connectivity index (χ1v) is 6.79. The van der Waals surface area contributed by atoms with Gasteiger partial charge in [-0.05, 0) is 31.0 Å². The molecule has 1 aromatic carbocycles. The fraction of sp³-hybridized carbons (Fsp3) is 0.400. The number of nitrogens with two attached hydrogens (primary N) is 1. The summed E-state index contributed by atoms with van der Waals surface area (Å²) < 4.78 is 21.2. The Morgan fingerprint density at radius 1 is 1.50 bits per heavy atom. The first-order chi connectivity index (χ1) is 9.66. The predicted molar refractivity (Wildman–Crippen MR) is 74.1 cm³/mol. The number of ether oxygens (including phenoxy) is 1. The zero-order chi connectivity index (χ0) is 14.1. The van der Waals surface area contributed by atoms with Crippen molar-refractivity contribution in [1.82, 2.24) is 9.55 Å². The van der Waals surface area contributed by atoms with Crippen LogP contribution in [0.25, 0.3) is 5.69 Å². The lowest BCUT2D eigenvalue weighted by molar-refractivity contribution is 0.180. The molecule has 0 amide bonds. The number of rotatable bonds is 3. The van der Waals surface area contributed by atoms with E-state index in [4.69, 9.17) is 10.5 Å². The molecule has 3 rings (SSSR count). The molecule has 1 fully saturated rings. The lowest BCUT2D eigenvalue weighted by atomic mass is 9.97. The zero-order valence-electron chi connectivity index (χ0n) is 11.4. The third kappa shape index (κ3) is 2.34. The molecular weight excluding hydrogens is 257 g/mol. The van der Waals surface area contributed by atoms with Crippen LogP contribution in [0.2, 0.25) is 0 Å². The molecule has 0 spiro atoms. The lowest BCUT2D eigenvalue weighted by Crippen LogP contribution is -2.24. The van der Waals surface area contributed by atoms with Gasteiger partial charge in [0.2, 0.25) is 0 Å². The molecule has 20 heavy (non-hydrogen) atoms. The molecule has 4 nitrogen and oxygen atoms in total. The van der Waals surface area contributed by atoms with Crippen molar-refractivity contribution >= 4 is 0 Å². The third-order valence-corrected chi connectivity index (χ3v) is 3.84. The summed E-state index contributed by atoms with van der Waals surface area (Å²) in [6, 6.07) is 4.83. The van der Waals surface area contributed by atoms with Gasteiger partial charge in [0.1, 0.15) is 5.82 Å². The van der Waals surface area contributed by atoms with Gasteiger partial charge in [0.05, 0.1) is 36.6 Å². The Bertz CT molecular complexity index is 605. The van der Waals surface area contributed by atoms with Crippen LogP contribution in [0.5, 0.6) is 0 Å². The van der Waals surface area contributed by atoms with Gasteiger partial charge in [-0.1, -0.05) is 6.07 Å². The van der Waals surface area contributed by atoms with Crippen LogP contribution in [0, 0.1) is 18.7 Å². The SMILES string of the molecule is Cc1ccc(F)c(-n2cncc2C(N)C2CCOC2)c1. The maximum Gasteiger partial charge on any atom is 0.147 e. The number of halogens is 1. The number of aryl methyl sites for hydroxylation is 1. The Kier molecular flexibility index (Phi) is 3.54. The Morgan fingerprint density at radius 3 is 3.10 bits per heavy atom. The highest BCUT2D eigenvalue weighted by Crippen LogP contribution is 2.28. The Hall–Kier alpha value is -1.72. The van der Waals surface area contributed by atoms with Crippen LogP contribution in [0.15, 0.2) is 30.7 Å². The minimum Gasteiger partial charge on any atom is -0.381 e. The minimum absolute atomic E-state index is 0.195. The van der Waals surface area contributed by atoms with Crippen molar-refractivity contribution in [3.63, 3.8) is 0 Å². The fourth-order valence-corrected chi connectivity index (χ4v) is 2.64. The second kappa shape index (κ2) is 5.34. The number of hydrogen-bond donors (Lipinski definition) is 1. The van der Waals surface area contributed by atoms with Gasteiger partial charge in [-0.3, -0.25) is 4.57 Å². The van der Waals surface area contributed by atoms with Crippen LogP contribution in [0.3, 0.4) is 0 Å². The molecule has 2 heterocycles. The second-order valence-electron chi connectivity index (χ2n) is 5.29. The van der Waals surface area contributed by atoms with E-state index < -0.39 is 0 Å². The number of benzene rings is 1. The molecule has 2 atom stereocenters. The van der Waals surface area contributed by atoms with Crippen LogP contribution in [0.1, 0.15) is 23.7 Å². The molecule has 0 radical (unpaired) electrons. The highest BCUT2D eigenvalue weighted by Gasteiger charge is 2.27. The van der Waals surface area contributed by atoms with E-state index in [1.165, 1.54) is 6.07 Å². The molecular formula is C15H18FN3O. The molecule has 1 aliphatic rings. The summed E-state index contributed by atoms with van der Waals surface area (Å²) in [6.07, 6.45) is 4.26. The number of aromatic nitrogens is 2. The van der Waals surface area contributed by atoms with E-state index >= 15 is 0 Å². The summed E-state index contributed by atoms with van der Waals surface area (Å²) in [7, 11) is 0. The van der Waals surface area contributed by atoms with Gasteiger partial charge >= 0.3 is 0 Å². The number of imidazole rings is 1. The molecule has 1 saturated heterocycles. The van der Waals surface area contributed by atoms with Crippen molar-refractivity contribution in [2.75, 3.05) is 13.2 Å². The largest absolute Gasteiger partial charge is 0.381 e. The lowest BCUT2D eigenvalue weighted by Gasteiger charge is -2.19. The average molecular weight is 275 g/mol. The highest BCUT2D eigenvalue weighted by atomic mass is 19.1. The first-order valence-electron chi connectivity index (χ1n) is 6.79. The molecule has 5 heteroatoms. The quantitative estimate of drug-likeness (QED) is 0.935. The molecule has 2 aromatic rings. The van der Waals surface area contributed by atoms with Crippen molar-refractivity contribution in [3.8, 4) is 5.69 Å². The predicted octanol–water partition coefficient (Wildman–Crippen LogP) is 2.36. The molecule has 2 N–H and O–H groups in total. The molecule has 1 aromatic heterocycles. The summed E-state index contributed by atoms with van der Waals surface area (Å²) in [5, 5.41) is 0. The summed E-state index contributed by atoms with van der Waals surface area (Å²) in [5.41, 5.74) is 8.62. The van der Waals surface area contributed by atoms with Crippen LogP contribution in [0.4, 0.5) is 4.39 Å². The summed E-state index contributed by atoms with van der Waals surface area (Å²) >= 11 is 0. The minimum atomic E-state index is -0.273. The normalized spacial score (nSPS) is 20.2. The highest BCUT2D eigenvalue weighted by molar-refractivity contribution is 5.39. The zero-order valence-corrected chi connectivity index (χ0v) is 11.4. The molecule has 1 aliphatic heterocycles. The van der Waals surface area contributed by atoms with Gasteiger partial charge in [0.25, 0.3) is 0 Å². The monoisotopic (exact) mass is 275 g/mol. The standard InChI is InChI=1S/C15H18FN3O/c1-10-2-3-12(16)13(6-10)19-9-18-7-14(19)15(17)11-4-5-20-8-11/h2-3,6-7,9,11,15H,4-5,8,17H2,1H3. The smallest absolute Gasteiger partial charge is 0.147 e. The molecule has 0 aliphatic carbocycles.